The minimum Gasteiger partial charge on any atom is -0.493 e. The van der Waals surface area contributed by atoms with Crippen LogP contribution >= 0.6 is 11.8 Å². The molecule has 1 heterocycles. The molecule has 0 bridgehead atoms. The second-order valence-electron chi connectivity index (χ2n) is 4.89. The molecule has 25 heavy (non-hydrogen) atoms. The molecule has 0 unspecified atom stereocenters. The first-order chi connectivity index (χ1) is 12.0. The van der Waals surface area contributed by atoms with Crippen LogP contribution < -0.4 is 26.0 Å². The summed E-state index contributed by atoms with van der Waals surface area (Å²) in [6, 6.07) is 5.55. The quantitative estimate of drug-likeness (QED) is 0.558. The largest absolute Gasteiger partial charge is 0.493 e. The molecule has 2 aromatic rings. The normalized spacial score (nSPS) is 10.3. The van der Waals surface area contributed by atoms with Crippen LogP contribution in [-0.2, 0) is 11.2 Å². The van der Waals surface area contributed by atoms with E-state index >= 15 is 0 Å². The Morgan fingerprint density at radius 1 is 1.24 bits per heavy atom. The molecule has 0 aliphatic rings. The third-order valence-corrected chi connectivity index (χ3v) is 4.16. The third kappa shape index (κ3) is 5.38. The summed E-state index contributed by atoms with van der Waals surface area (Å²) in [6.07, 6.45) is 0.619. The van der Waals surface area contributed by atoms with Gasteiger partial charge in [0.25, 0.3) is 5.56 Å². The van der Waals surface area contributed by atoms with E-state index in [9.17, 15) is 14.4 Å². The van der Waals surface area contributed by atoms with Gasteiger partial charge in [-0.05, 0) is 24.1 Å². The summed E-state index contributed by atoms with van der Waals surface area (Å²) < 4.78 is 10.4. The Morgan fingerprint density at radius 2 is 2.00 bits per heavy atom. The van der Waals surface area contributed by atoms with Crippen molar-refractivity contribution in [3.8, 4) is 11.5 Å². The van der Waals surface area contributed by atoms with Crippen molar-refractivity contribution in [2.45, 2.75) is 11.4 Å². The summed E-state index contributed by atoms with van der Waals surface area (Å²) in [5.74, 6) is 1.06. The van der Waals surface area contributed by atoms with E-state index < -0.39 is 11.2 Å². The van der Waals surface area contributed by atoms with E-state index in [-0.39, 0.29) is 16.7 Å². The smallest absolute Gasteiger partial charge is 0.342 e. The van der Waals surface area contributed by atoms with Crippen LogP contribution in [0.5, 0.6) is 11.5 Å². The number of aromatic nitrogens is 3. The molecule has 1 aromatic carbocycles. The van der Waals surface area contributed by atoms with Crippen molar-refractivity contribution in [2.75, 3.05) is 26.5 Å². The van der Waals surface area contributed by atoms with Gasteiger partial charge < -0.3 is 14.8 Å². The van der Waals surface area contributed by atoms with E-state index in [0.717, 1.165) is 17.3 Å². The molecule has 9 nitrogen and oxygen atoms in total. The number of hydrogen-bond acceptors (Lipinski definition) is 7. The molecule has 10 heteroatoms. The van der Waals surface area contributed by atoms with Gasteiger partial charge in [0.05, 0.1) is 20.0 Å². The number of thioether (sulfide) groups is 1. The Bertz CT molecular complexity index is 848. The van der Waals surface area contributed by atoms with Crippen molar-refractivity contribution < 1.29 is 14.3 Å². The number of rotatable bonds is 8. The van der Waals surface area contributed by atoms with E-state index in [1.54, 1.807) is 20.3 Å². The monoisotopic (exact) mass is 366 g/mol. The van der Waals surface area contributed by atoms with E-state index in [2.05, 4.69) is 15.5 Å². The molecule has 3 N–H and O–H groups in total. The topological polar surface area (TPSA) is 126 Å². The number of carbonyl (C=O) groups is 1. The highest BCUT2D eigenvalue weighted by Gasteiger charge is 2.08. The Hall–Kier alpha value is -2.75. The van der Waals surface area contributed by atoms with Crippen molar-refractivity contribution in [1.82, 2.24) is 20.5 Å². The molecule has 0 saturated carbocycles. The number of H-pyrrole nitrogens is 2. The summed E-state index contributed by atoms with van der Waals surface area (Å²) in [5.41, 5.74) is -0.315. The minimum absolute atomic E-state index is 0.0219. The van der Waals surface area contributed by atoms with Crippen molar-refractivity contribution in [3.63, 3.8) is 0 Å². The first-order valence-electron chi connectivity index (χ1n) is 7.33. The lowest BCUT2D eigenvalue weighted by Crippen LogP contribution is -2.29. The fraction of sp³-hybridized carbons (Fsp3) is 0.333. The molecule has 0 radical (unpaired) electrons. The summed E-state index contributed by atoms with van der Waals surface area (Å²) in [7, 11) is 3.13. The molecule has 0 fully saturated rings. The number of nitrogens with one attached hydrogen (secondary N) is 3. The first kappa shape index (κ1) is 18.6. The van der Waals surface area contributed by atoms with Crippen molar-refractivity contribution >= 4 is 17.7 Å². The van der Waals surface area contributed by atoms with Gasteiger partial charge in [0.1, 0.15) is 0 Å². The lowest BCUT2D eigenvalue weighted by Gasteiger charge is -2.10. The van der Waals surface area contributed by atoms with Gasteiger partial charge in [-0.15, -0.1) is 0 Å². The molecule has 1 aromatic heterocycles. The van der Waals surface area contributed by atoms with Gasteiger partial charge in [-0.25, -0.2) is 9.89 Å². The highest BCUT2D eigenvalue weighted by Crippen LogP contribution is 2.27. The van der Waals surface area contributed by atoms with Crippen LogP contribution in [-0.4, -0.2) is 47.6 Å². The molecule has 2 rings (SSSR count). The molecule has 0 spiro atoms. The fourth-order valence-corrected chi connectivity index (χ4v) is 2.66. The number of ether oxygens (including phenoxy) is 2. The van der Waals surface area contributed by atoms with Gasteiger partial charge in [-0.3, -0.25) is 14.6 Å². The average molecular weight is 366 g/mol. The zero-order valence-corrected chi connectivity index (χ0v) is 14.6. The highest BCUT2D eigenvalue weighted by molar-refractivity contribution is 7.99. The number of amides is 1. The summed E-state index contributed by atoms with van der Waals surface area (Å²) in [4.78, 5) is 36.2. The average Bonchev–Trinajstić information content (AvgIpc) is 2.60. The Kier molecular flexibility index (Phi) is 6.63. The van der Waals surface area contributed by atoms with E-state index in [4.69, 9.17) is 9.47 Å². The first-order valence-corrected chi connectivity index (χ1v) is 8.31. The Balaban J connectivity index is 1.80. The highest BCUT2D eigenvalue weighted by atomic mass is 32.2. The number of carbonyl (C=O) groups excluding carboxylic acids is 1. The summed E-state index contributed by atoms with van der Waals surface area (Å²) in [6.45, 7) is 0.435. The SMILES string of the molecule is COc1ccc(CCNC(=O)CSc2n[nH]c(=O)[nH]c2=O)cc1OC. The van der Waals surface area contributed by atoms with Crippen LogP contribution in [0.15, 0.2) is 32.8 Å². The molecule has 0 atom stereocenters. The number of methoxy groups -OCH3 is 2. The maximum atomic E-state index is 11.8. The van der Waals surface area contributed by atoms with Crippen LogP contribution in [0.3, 0.4) is 0 Å². The van der Waals surface area contributed by atoms with E-state index in [1.165, 1.54) is 0 Å². The molecule has 0 saturated heterocycles. The zero-order valence-electron chi connectivity index (χ0n) is 13.8. The molecular formula is C15H18N4O5S. The number of aromatic amines is 2. The van der Waals surface area contributed by atoms with Gasteiger partial charge in [0, 0.05) is 6.54 Å². The summed E-state index contributed by atoms with van der Waals surface area (Å²) in [5, 5.41) is 8.49. The van der Waals surface area contributed by atoms with Crippen LogP contribution in [0.1, 0.15) is 5.56 Å². The predicted octanol–water partition coefficient (Wildman–Crippen LogP) is -0.0736. The molecule has 1 amide bonds. The van der Waals surface area contributed by atoms with Crippen LogP contribution in [0.2, 0.25) is 0 Å². The van der Waals surface area contributed by atoms with Gasteiger partial charge >= 0.3 is 5.69 Å². The maximum absolute atomic E-state index is 11.8. The number of hydrogen-bond donors (Lipinski definition) is 3. The standard InChI is InChI=1S/C15H18N4O5S/c1-23-10-4-3-9(7-11(10)24-2)5-6-16-12(20)8-25-14-13(21)17-15(22)19-18-14/h3-4,7H,5-6,8H2,1-2H3,(H,16,20)(H2,17,19,21,22). The third-order valence-electron chi connectivity index (χ3n) is 3.20. The predicted molar refractivity (Wildman–Crippen MR) is 92.5 cm³/mol. The van der Waals surface area contributed by atoms with Crippen molar-refractivity contribution in [1.29, 1.82) is 0 Å². The lowest BCUT2D eigenvalue weighted by molar-refractivity contribution is -0.118. The number of nitrogens with zero attached hydrogens (tertiary/aromatic N) is 1. The van der Waals surface area contributed by atoms with Gasteiger partial charge in [-0.1, -0.05) is 17.8 Å². The fourth-order valence-electron chi connectivity index (χ4n) is 2.00. The summed E-state index contributed by atoms with van der Waals surface area (Å²) >= 11 is 0.948. The van der Waals surface area contributed by atoms with Crippen molar-refractivity contribution in [2.24, 2.45) is 0 Å². The Labute approximate surface area is 147 Å². The second-order valence-corrected chi connectivity index (χ2v) is 5.85. The minimum atomic E-state index is -0.686. The van der Waals surface area contributed by atoms with Crippen LogP contribution in [0.4, 0.5) is 0 Å². The Morgan fingerprint density at radius 3 is 2.68 bits per heavy atom. The van der Waals surface area contributed by atoms with Crippen LogP contribution in [0.25, 0.3) is 0 Å². The van der Waals surface area contributed by atoms with Gasteiger partial charge in [0.15, 0.2) is 16.5 Å². The molecular weight excluding hydrogens is 348 g/mol. The lowest BCUT2D eigenvalue weighted by atomic mass is 10.1. The molecule has 134 valence electrons. The number of benzene rings is 1. The van der Waals surface area contributed by atoms with E-state index in [0.29, 0.717) is 24.5 Å². The van der Waals surface area contributed by atoms with E-state index in [1.807, 2.05) is 17.1 Å². The second kappa shape index (κ2) is 8.92. The van der Waals surface area contributed by atoms with Crippen LogP contribution in [0, 0.1) is 0 Å². The maximum Gasteiger partial charge on any atom is 0.342 e. The van der Waals surface area contributed by atoms with Crippen molar-refractivity contribution in [3.05, 3.63) is 44.6 Å². The zero-order chi connectivity index (χ0) is 18.2. The molecule has 0 aliphatic heterocycles. The molecule has 0 aliphatic carbocycles. The van der Waals surface area contributed by atoms with Gasteiger partial charge in [0.2, 0.25) is 5.91 Å². The van der Waals surface area contributed by atoms with Gasteiger partial charge in [-0.2, -0.15) is 5.10 Å².